The molecule has 0 spiro atoms. The van der Waals surface area contributed by atoms with Gasteiger partial charge in [0.05, 0.1) is 17.2 Å². The molecule has 6 heteroatoms. The van der Waals surface area contributed by atoms with Crippen LogP contribution in [-0.2, 0) is 9.59 Å². The summed E-state index contributed by atoms with van der Waals surface area (Å²) in [6, 6.07) is 16.9. The van der Waals surface area contributed by atoms with Gasteiger partial charge in [0.15, 0.2) is 0 Å². The van der Waals surface area contributed by atoms with E-state index in [0.29, 0.717) is 0 Å². The van der Waals surface area contributed by atoms with Crippen LogP contribution in [0.3, 0.4) is 0 Å². The van der Waals surface area contributed by atoms with E-state index in [-0.39, 0.29) is 23.3 Å². The molecule has 0 bridgehead atoms. The highest BCUT2D eigenvalue weighted by Gasteiger charge is 2.06. The monoisotopic (exact) mass is 329 g/mol. The Morgan fingerprint density at radius 1 is 0.913 bits per heavy atom. The van der Waals surface area contributed by atoms with Crippen LogP contribution < -0.4 is 16.2 Å². The van der Waals surface area contributed by atoms with Crippen molar-refractivity contribution in [2.45, 2.75) is 6.92 Å². The number of para-hydroxylation sites is 1. The Bertz CT molecular complexity index is 662. The average Bonchev–Trinajstić information content (AvgIpc) is 2.54. The van der Waals surface area contributed by atoms with Crippen LogP contribution in [0.2, 0.25) is 0 Å². The smallest absolute Gasteiger partial charge is 0.248 e. The Morgan fingerprint density at radius 3 is 2.35 bits per heavy atom. The second-order valence-corrected chi connectivity index (χ2v) is 5.94. The Labute approximate surface area is 139 Å². The summed E-state index contributed by atoms with van der Waals surface area (Å²) in [5.74, 6) is 0.139. The Morgan fingerprint density at radius 2 is 1.61 bits per heavy atom. The van der Waals surface area contributed by atoms with Crippen molar-refractivity contribution in [3.63, 3.8) is 0 Å². The molecule has 0 aliphatic heterocycles. The van der Waals surface area contributed by atoms with Crippen molar-refractivity contribution < 1.29 is 9.59 Å². The molecule has 5 nitrogen and oxygen atoms in total. The van der Waals surface area contributed by atoms with Crippen LogP contribution in [-0.4, -0.2) is 23.3 Å². The maximum atomic E-state index is 11.8. The summed E-state index contributed by atoms with van der Waals surface area (Å²) in [7, 11) is 0. The van der Waals surface area contributed by atoms with E-state index in [0.717, 1.165) is 16.9 Å². The summed E-state index contributed by atoms with van der Waals surface area (Å²) >= 11 is 1.26. The van der Waals surface area contributed by atoms with Gasteiger partial charge in [0.25, 0.3) is 0 Å². The zero-order chi connectivity index (χ0) is 16.5. The van der Waals surface area contributed by atoms with E-state index in [2.05, 4.69) is 16.2 Å². The van der Waals surface area contributed by atoms with E-state index in [1.165, 1.54) is 11.8 Å². The predicted octanol–water partition coefficient (Wildman–Crippen LogP) is 2.81. The van der Waals surface area contributed by atoms with Gasteiger partial charge in [-0.25, -0.2) is 0 Å². The number of carbonyl (C=O) groups is 2. The highest BCUT2D eigenvalue weighted by atomic mass is 32.2. The quantitative estimate of drug-likeness (QED) is 0.683. The maximum Gasteiger partial charge on any atom is 0.248 e. The van der Waals surface area contributed by atoms with Crippen molar-refractivity contribution in [2.24, 2.45) is 0 Å². The van der Waals surface area contributed by atoms with Gasteiger partial charge < -0.3 is 5.32 Å². The number of amides is 2. The van der Waals surface area contributed by atoms with Crippen LogP contribution in [0.4, 0.5) is 11.4 Å². The van der Waals surface area contributed by atoms with Crippen molar-refractivity contribution in [3.05, 3.63) is 60.2 Å². The lowest BCUT2D eigenvalue weighted by Crippen LogP contribution is -2.31. The molecule has 0 aliphatic rings. The standard InChI is InChI=1S/C17H19N3O2S/c1-13-6-5-9-15(10-13)18-16(21)11-23-12-17(22)20-19-14-7-3-2-4-8-14/h2-10,19H,11-12H2,1H3,(H,18,21)(H,20,22). The number of anilines is 2. The van der Waals surface area contributed by atoms with E-state index in [9.17, 15) is 9.59 Å². The number of aryl methyl sites for hydroxylation is 1. The zero-order valence-electron chi connectivity index (χ0n) is 12.8. The summed E-state index contributed by atoms with van der Waals surface area (Å²) in [6.45, 7) is 1.97. The van der Waals surface area contributed by atoms with Crippen LogP contribution in [0.25, 0.3) is 0 Å². The van der Waals surface area contributed by atoms with Crippen molar-refractivity contribution in [1.29, 1.82) is 0 Å². The third-order valence-electron chi connectivity index (χ3n) is 2.89. The largest absolute Gasteiger partial charge is 0.325 e. The molecule has 0 heterocycles. The second kappa shape index (κ2) is 8.85. The molecule has 0 unspecified atom stereocenters. The number of hydrogen-bond acceptors (Lipinski definition) is 4. The molecule has 0 atom stereocenters. The first-order chi connectivity index (χ1) is 11.1. The fourth-order valence-corrected chi connectivity index (χ4v) is 2.47. The molecule has 0 aromatic heterocycles. The number of nitrogens with one attached hydrogen (secondary N) is 3. The molecule has 0 saturated carbocycles. The second-order valence-electron chi connectivity index (χ2n) is 4.95. The van der Waals surface area contributed by atoms with Crippen LogP contribution in [0, 0.1) is 6.92 Å². The molecule has 0 fully saturated rings. The van der Waals surface area contributed by atoms with Crippen molar-refractivity contribution in [3.8, 4) is 0 Å². The minimum atomic E-state index is -0.179. The molecular formula is C17H19N3O2S. The lowest BCUT2D eigenvalue weighted by atomic mass is 10.2. The molecule has 2 rings (SSSR count). The Kier molecular flexibility index (Phi) is 6.50. The zero-order valence-corrected chi connectivity index (χ0v) is 13.7. The minimum Gasteiger partial charge on any atom is -0.325 e. The molecule has 23 heavy (non-hydrogen) atoms. The number of carbonyl (C=O) groups excluding carboxylic acids is 2. The summed E-state index contributed by atoms with van der Waals surface area (Å²) in [5, 5.41) is 2.81. The number of benzene rings is 2. The molecule has 2 amide bonds. The Hall–Kier alpha value is -2.47. The first kappa shape index (κ1) is 16.9. The topological polar surface area (TPSA) is 70.2 Å². The van der Waals surface area contributed by atoms with Gasteiger partial charge in [-0.15, -0.1) is 11.8 Å². The van der Waals surface area contributed by atoms with Gasteiger partial charge in [0, 0.05) is 5.69 Å². The van der Waals surface area contributed by atoms with Gasteiger partial charge in [0.2, 0.25) is 11.8 Å². The maximum absolute atomic E-state index is 11.8. The van der Waals surface area contributed by atoms with Gasteiger partial charge in [-0.3, -0.25) is 20.4 Å². The summed E-state index contributed by atoms with van der Waals surface area (Å²) < 4.78 is 0. The van der Waals surface area contributed by atoms with E-state index >= 15 is 0 Å². The van der Waals surface area contributed by atoms with E-state index in [1.807, 2.05) is 61.5 Å². The first-order valence-corrected chi connectivity index (χ1v) is 8.33. The van der Waals surface area contributed by atoms with Gasteiger partial charge in [0.1, 0.15) is 0 Å². The van der Waals surface area contributed by atoms with Crippen molar-refractivity contribution >= 4 is 35.0 Å². The lowest BCUT2D eigenvalue weighted by molar-refractivity contribution is -0.118. The SMILES string of the molecule is Cc1cccc(NC(=O)CSCC(=O)NNc2ccccc2)c1. The fraction of sp³-hybridized carbons (Fsp3) is 0.176. The lowest BCUT2D eigenvalue weighted by Gasteiger charge is -2.08. The Balaban J connectivity index is 1.64. The highest BCUT2D eigenvalue weighted by molar-refractivity contribution is 8.00. The highest BCUT2D eigenvalue weighted by Crippen LogP contribution is 2.10. The fourth-order valence-electron chi connectivity index (χ4n) is 1.86. The normalized spacial score (nSPS) is 9.96. The van der Waals surface area contributed by atoms with Crippen LogP contribution in [0.5, 0.6) is 0 Å². The number of hydrogen-bond donors (Lipinski definition) is 3. The molecule has 0 aliphatic carbocycles. The number of thioether (sulfide) groups is 1. The molecular weight excluding hydrogens is 310 g/mol. The summed E-state index contributed by atoms with van der Waals surface area (Å²) in [4.78, 5) is 23.5. The molecule has 3 N–H and O–H groups in total. The van der Waals surface area contributed by atoms with Crippen molar-refractivity contribution in [1.82, 2.24) is 5.43 Å². The van der Waals surface area contributed by atoms with Crippen LogP contribution in [0.15, 0.2) is 54.6 Å². The van der Waals surface area contributed by atoms with Gasteiger partial charge >= 0.3 is 0 Å². The van der Waals surface area contributed by atoms with Gasteiger partial charge in [-0.05, 0) is 36.8 Å². The molecule has 2 aromatic rings. The molecule has 120 valence electrons. The van der Waals surface area contributed by atoms with E-state index in [1.54, 1.807) is 0 Å². The third kappa shape index (κ3) is 6.44. The third-order valence-corrected chi connectivity index (χ3v) is 3.82. The van der Waals surface area contributed by atoms with Gasteiger partial charge in [-0.2, -0.15) is 0 Å². The van der Waals surface area contributed by atoms with E-state index < -0.39 is 0 Å². The summed E-state index contributed by atoms with van der Waals surface area (Å²) in [6.07, 6.45) is 0. The van der Waals surface area contributed by atoms with Gasteiger partial charge in [-0.1, -0.05) is 30.3 Å². The average molecular weight is 329 g/mol. The minimum absolute atomic E-state index is 0.121. The molecule has 0 saturated heterocycles. The van der Waals surface area contributed by atoms with Crippen molar-refractivity contribution in [2.75, 3.05) is 22.2 Å². The van der Waals surface area contributed by atoms with Crippen LogP contribution >= 0.6 is 11.8 Å². The molecule has 2 aromatic carbocycles. The first-order valence-electron chi connectivity index (χ1n) is 7.17. The number of hydrazine groups is 1. The predicted molar refractivity (Wildman–Crippen MR) is 95.3 cm³/mol. The van der Waals surface area contributed by atoms with E-state index in [4.69, 9.17) is 0 Å². The number of rotatable bonds is 7. The van der Waals surface area contributed by atoms with Crippen LogP contribution in [0.1, 0.15) is 5.56 Å². The summed E-state index contributed by atoms with van der Waals surface area (Å²) in [5.41, 5.74) is 8.07. The molecule has 0 radical (unpaired) electrons.